The molecule has 0 saturated carbocycles. The fourth-order valence-corrected chi connectivity index (χ4v) is 2.66. The van der Waals surface area contributed by atoms with Gasteiger partial charge < -0.3 is 9.47 Å². The summed E-state index contributed by atoms with van der Waals surface area (Å²) in [6.45, 7) is 2.15. The highest BCUT2D eigenvalue weighted by Gasteiger charge is 2.13. The van der Waals surface area contributed by atoms with E-state index in [4.69, 9.17) is 21.1 Å². The number of hydrazone groups is 1. The molecule has 3 rings (SSSR count). The van der Waals surface area contributed by atoms with Crippen LogP contribution in [0.2, 0.25) is 5.02 Å². The van der Waals surface area contributed by atoms with E-state index < -0.39 is 17.7 Å². The van der Waals surface area contributed by atoms with Gasteiger partial charge in [-0.3, -0.25) is 4.79 Å². The first-order chi connectivity index (χ1) is 15.0. The van der Waals surface area contributed by atoms with Gasteiger partial charge in [-0.25, -0.2) is 14.6 Å². The lowest BCUT2D eigenvalue weighted by Gasteiger charge is -2.11. The molecule has 1 N–H and O–H groups in total. The molecule has 31 heavy (non-hydrogen) atoms. The number of hydrogen-bond donors (Lipinski definition) is 1. The summed E-state index contributed by atoms with van der Waals surface area (Å²) in [7, 11) is 0. The van der Waals surface area contributed by atoms with Gasteiger partial charge in [-0.15, -0.1) is 0 Å². The number of amides is 1. The van der Waals surface area contributed by atoms with E-state index in [9.17, 15) is 14.0 Å². The molecule has 0 heterocycles. The summed E-state index contributed by atoms with van der Waals surface area (Å²) in [5.41, 5.74) is 3.59. The quantitative estimate of drug-likeness (QED) is 0.246. The molecule has 3 aromatic rings. The largest absolute Gasteiger partial charge is 0.490 e. The standard InChI is InChI=1S/C23H18ClFN2O4/c1-2-30-21-13-15(14-26-27-22(28)16-6-10-19(25)11-7-16)3-12-20(21)31-23(29)17-4-8-18(24)9-5-17/h3-14H,2H2,1H3,(H,27,28). The van der Waals surface area contributed by atoms with E-state index in [0.29, 0.717) is 28.5 Å². The molecule has 0 radical (unpaired) electrons. The molecule has 0 saturated heterocycles. The molecule has 0 atom stereocenters. The van der Waals surface area contributed by atoms with Crippen molar-refractivity contribution in [1.82, 2.24) is 5.43 Å². The first-order valence-electron chi connectivity index (χ1n) is 9.30. The second-order valence-electron chi connectivity index (χ2n) is 6.24. The van der Waals surface area contributed by atoms with Crippen LogP contribution in [-0.4, -0.2) is 24.7 Å². The highest BCUT2D eigenvalue weighted by molar-refractivity contribution is 6.30. The Hall–Kier alpha value is -3.71. The lowest BCUT2D eigenvalue weighted by molar-refractivity contribution is 0.0728. The Kier molecular flexibility index (Phi) is 7.35. The smallest absolute Gasteiger partial charge is 0.343 e. The van der Waals surface area contributed by atoms with Crippen LogP contribution in [-0.2, 0) is 0 Å². The van der Waals surface area contributed by atoms with Gasteiger partial charge in [0, 0.05) is 10.6 Å². The zero-order valence-corrected chi connectivity index (χ0v) is 17.2. The second kappa shape index (κ2) is 10.4. The number of hydrogen-bond acceptors (Lipinski definition) is 5. The Balaban J connectivity index is 1.69. The molecule has 0 aliphatic carbocycles. The van der Waals surface area contributed by atoms with Crippen LogP contribution in [0.1, 0.15) is 33.2 Å². The molecule has 1 amide bonds. The van der Waals surface area contributed by atoms with Crippen molar-refractivity contribution in [2.75, 3.05) is 6.61 Å². The number of rotatable bonds is 7. The highest BCUT2D eigenvalue weighted by atomic mass is 35.5. The van der Waals surface area contributed by atoms with Gasteiger partial charge in [-0.2, -0.15) is 5.10 Å². The average Bonchev–Trinajstić information content (AvgIpc) is 2.76. The van der Waals surface area contributed by atoms with Crippen LogP contribution in [0, 0.1) is 5.82 Å². The maximum Gasteiger partial charge on any atom is 0.343 e. The SMILES string of the molecule is CCOc1cc(C=NNC(=O)c2ccc(F)cc2)ccc1OC(=O)c1ccc(Cl)cc1. The fourth-order valence-electron chi connectivity index (χ4n) is 2.53. The molecular weight excluding hydrogens is 423 g/mol. The first-order valence-corrected chi connectivity index (χ1v) is 9.67. The van der Waals surface area contributed by atoms with Crippen LogP contribution in [0.3, 0.4) is 0 Å². The monoisotopic (exact) mass is 440 g/mol. The van der Waals surface area contributed by atoms with E-state index in [1.54, 1.807) is 49.4 Å². The Morgan fingerprint density at radius 2 is 1.68 bits per heavy atom. The number of carbonyl (C=O) groups excluding carboxylic acids is 2. The normalized spacial score (nSPS) is 10.7. The lowest BCUT2D eigenvalue weighted by atomic mass is 10.2. The summed E-state index contributed by atoms with van der Waals surface area (Å²) in [4.78, 5) is 24.4. The zero-order valence-electron chi connectivity index (χ0n) is 16.5. The predicted molar refractivity (Wildman–Crippen MR) is 115 cm³/mol. The minimum Gasteiger partial charge on any atom is -0.490 e. The molecule has 0 aromatic heterocycles. The van der Waals surface area contributed by atoms with Crippen molar-refractivity contribution in [2.24, 2.45) is 5.10 Å². The van der Waals surface area contributed by atoms with Crippen molar-refractivity contribution in [1.29, 1.82) is 0 Å². The Bertz CT molecular complexity index is 1100. The fraction of sp³-hybridized carbons (Fsp3) is 0.0870. The van der Waals surface area contributed by atoms with Gasteiger partial charge >= 0.3 is 5.97 Å². The topological polar surface area (TPSA) is 77.0 Å². The lowest BCUT2D eigenvalue weighted by Crippen LogP contribution is -2.17. The summed E-state index contributed by atoms with van der Waals surface area (Å²) < 4.78 is 23.9. The van der Waals surface area contributed by atoms with E-state index in [2.05, 4.69) is 10.5 Å². The Morgan fingerprint density at radius 1 is 1.00 bits per heavy atom. The highest BCUT2D eigenvalue weighted by Crippen LogP contribution is 2.29. The minimum absolute atomic E-state index is 0.245. The number of esters is 1. The molecule has 0 bridgehead atoms. The van der Waals surface area contributed by atoms with Gasteiger partial charge in [0.2, 0.25) is 0 Å². The third kappa shape index (κ3) is 6.13. The number of halogens is 2. The molecule has 0 unspecified atom stereocenters. The Morgan fingerprint density at radius 3 is 2.35 bits per heavy atom. The zero-order chi connectivity index (χ0) is 22.2. The molecule has 0 aliphatic heterocycles. The van der Waals surface area contributed by atoms with Crippen LogP contribution >= 0.6 is 11.6 Å². The molecule has 8 heteroatoms. The third-order valence-corrected chi connectivity index (χ3v) is 4.29. The minimum atomic E-state index is -0.550. The van der Waals surface area contributed by atoms with E-state index in [1.807, 2.05) is 0 Å². The average molecular weight is 441 g/mol. The van der Waals surface area contributed by atoms with Gasteiger partial charge in [0.15, 0.2) is 11.5 Å². The van der Waals surface area contributed by atoms with Crippen LogP contribution in [0.25, 0.3) is 0 Å². The molecule has 158 valence electrons. The predicted octanol–water partition coefficient (Wildman–Crippen LogP) is 4.86. The molecule has 3 aromatic carbocycles. The molecule has 0 aliphatic rings. The summed E-state index contributed by atoms with van der Waals surface area (Å²) in [5.74, 6) is -0.867. The number of carbonyl (C=O) groups is 2. The molecule has 6 nitrogen and oxygen atoms in total. The third-order valence-electron chi connectivity index (χ3n) is 4.04. The van der Waals surface area contributed by atoms with Crippen molar-refractivity contribution in [2.45, 2.75) is 6.92 Å². The number of ether oxygens (including phenoxy) is 2. The summed E-state index contributed by atoms with van der Waals surface area (Å²) in [6, 6.07) is 16.3. The summed E-state index contributed by atoms with van der Waals surface area (Å²) >= 11 is 5.84. The van der Waals surface area contributed by atoms with Gasteiger partial charge in [-0.1, -0.05) is 11.6 Å². The second-order valence-corrected chi connectivity index (χ2v) is 6.68. The van der Waals surface area contributed by atoms with Crippen LogP contribution < -0.4 is 14.9 Å². The van der Waals surface area contributed by atoms with Crippen molar-refractivity contribution >= 4 is 29.7 Å². The van der Waals surface area contributed by atoms with Gasteiger partial charge in [0.05, 0.1) is 18.4 Å². The van der Waals surface area contributed by atoms with Gasteiger partial charge in [0.1, 0.15) is 5.82 Å². The summed E-state index contributed by atoms with van der Waals surface area (Å²) in [5, 5.41) is 4.41. The van der Waals surface area contributed by atoms with Crippen LogP contribution in [0.15, 0.2) is 71.8 Å². The van der Waals surface area contributed by atoms with Crippen LogP contribution in [0.4, 0.5) is 4.39 Å². The van der Waals surface area contributed by atoms with Crippen molar-refractivity contribution in [3.63, 3.8) is 0 Å². The van der Waals surface area contributed by atoms with Crippen LogP contribution in [0.5, 0.6) is 11.5 Å². The number of benzene rings is 3. The van der Waals surface area contributed by atoms with Crippen molar-refractivity contribution < 1.29 is 23.5 Å². The van der Waals surface area contributed by atoms with Gasteiger partial charge in [-0.05, 0) is 79.2 Å². The maximum atomic E-state index is 12.9. The molecular formula is C23H18ClFN2O4. The molecule has 0 fully saturated rings. The first kappa shape index (κ1) is 22.0. The van der Waals surface area contributed by atoms with E-state index in [-0.39, 0.29) is 11.3 Å². The van der Waals surface area contributed by atoms with Crippen molar-refractivity contribution in [3.05, 3.63) is 94.3 Å². The molecule has 0 spiro atoms. The van der Waals surface area contributed by atoms with E-state index >= 15 is 0 Å². The maximum absolute atomic E-state index is 12.9. The van der Waals surface area contributed by atoms with E-state index in [1.165, 1.54) is 30.5 Å². The number of nitrogens with zero attached hydrogens (tertiary/aromatic N) is 1. The summed E-state index contributed by atoms with van der Waals surface area (Å²) in [6.07, 6.45) is 1.41. The Labute approximate surface area is 183 Å². The van der Waals surface area contributed by atoms with Crippen molar-refractivity contribution in [3.8, 4) is 11.5 Å². The number of nitrogens with one attached hydrogen (secondary N) is 1. The van der Waals surface area contributed by atoms with E-state index in [0.717, 1.165) is 0 Å². The van der Waals surface area contributed by atoms with Gasteiger partial charge in [0.25, 0.3) is 5.91 Å².